The van der Waals surface area contributed by atoms with Gasteiger partial charge in [-0.1, -0.05) is 18.2 Å². The van der Waals surface area contributed by atoms with E-state index in [1.54, 1.807) is 31.2 Å². The predicted octanol–water partition coefficient (Wildman–Crippen LogP) is 3.19. The number of carbonyl (C=O) groups is 1. The second-order valence-electron chi connectivity index (χ2n) is 5.64. The predicted molar refractivity (Wildman–Crippen MR) is 102 cm³/mol. The molecule has 0 fully saturated rings. The standard InChI is InChI=1S/C18H19N3O4S/c1-3-26(23,24)21-15-9-8-13(11-17(15)25-2)19-18(22)16-10-12-6-4-5-7-14(12)20-16/h4-11,20-21H,3H2,1-2H3,(H,19,22). The van der Waals surface area contributed by atoms with Crippen molar-refractivity contribution in [2.45, 2.75) is 6.92 Å². The number of hydrogen-bond acceptors (Lipinski definition) is 4. The highest BCUT2D eigenvalue weighted by Gasteiger charge is 2.14. The van der Waals surface area contributed by atoms with E-state index in [4.69, 9.17) is 4.74 Å². The topological polar surface area (TPSA) is 100 Å². The number of methoxy groups -OCH3 is 1. The van der Waals surface area contributed by atoms with Crippen LogP contribution in [0, 0.1) is 0 Å². The van der Waals surface area contributed by atoms with Gasteiger partial charge >= 0.3 is 0 Å². The molecule has 0 saturated heterocycles. The van der Waals surface area contributed by atoms with Crippen LogP contribution in [0.1, 0.15) is 17.4 Å². The number of nitrogens with one attached hydrogen (secondary N) is 3. The summed E-state index contributed by atoms with van der Waals surface area (Å²) in [5.74, 6) is -0.0312. The normalized spacial score (nSPS) is 11.3. The Kier molecular flexibility index (Phi) is 4.85. The molecule has 3 N–H and O–H groups in total. The minimum atomic E-state index is -3.42. The van der Waals surface area contributed by atoms with E-state index in [2.05, 4.69) is 15.0 Å². The molecule has 2 aromatic carbocycles. The van der Waals surface area contributed by atoms with Crippen LogP contribution in [0.5, 0.6) is 5.75 Å². The van der Waals surface area contributed by atoms with E-state index in [1.807, 2.05) is 24.3 Å². The SMILES string of the molecule is CCS(=O)(=O)Nc1ccc(NC(=O)c2cc3ccccc3[nH]2)cc1OC. The summed E-state index contributed by atoms with van der Waals surface area (Å²) in [6, 6.07) is 14.1. The number of fused-ring (bicyclic) bond motifs is 1. The van der Waals surface area contributed by atoms with Crippen molar-refractivity contribution in [1.29, 1.82) is 0 Å². The van der Waals surface area contributed by atoms with Gasteiger partial charge < -0.3 is 15.0 Å². The lowest BCUT2D eigenvalue weighted by Gasteiger charge is -2.13. The summed E-state index contributed by atoms with van der Waals surface area (Å²) in [7, 11) is -1.99. The molecular formula is C18H19N3O4S. The molecule has 3 rings (SSSR count). The Morgan fingerprint density at radius 1 is 1.15 bits per heavy atom. The van der Waals surface area contributed by atoms with Crippen LogP contribution in [-0.4, -0.2) is 32.2 Å². The molecule has 136 valence electrons. The second kappa shape index (κ2) is 7.09. The van der Waals surface area contributed by atoms with Gasteiger partial charge in [0.15, 0.2) is 0 Å². The minimum Gasteiger partial charge on any atom is -0.494 e. The quantitative estimate of drug-likeness (QED) is 0.618. The number of H-pyrrole nitrogens is 1. The Balaban J connectivity index is 1.82. The van der Waals surface area contributed by atoms with Gasteiger partial charge in [-0.2, -0.15) is 0 Å². The van der Waals surface area contributed by atoms with E-state index in [-0.39, 0.29) is 11.7 Å². The fraction of sp³-hybridized carbons (Fsp3) is 0.167. The van der Waals surface area contributed by atoms with Crippen LogP contribution in [0.3, 0.4) is 0 Å². The average Bonchev–Trinajstić information content (AvgIpc) is 3.07. The molecule has 26 heavy (non-hydrogen) atoms. The van der Waals surface area contributed by atoms with E-state index in [0.29, 0.717) is 22.8 Å². The Bertz CT molecular complexity index is 1020. The molecule has 0 spiro atoms. The molecular weight excluding hydrogens is 354 g/mol. The molecule has 1 amide bonds. The zero-order valence-corrected chi connectivity index (χ0v) is 15.2. The van der Waals surface area contributed by atoms with Gasteiger partial charge in [0.25, 0.3) is 5.91 Å². The van der Waals surface area contributed by atoms with Crippen LogP contribution in [0.15, 0.2) is 48.5 Å². The first-order valence-corrected chi connectivity index (χ1v) is 9.64. The number of benzene rings is 2. The molecule has 0 bridgehead atoms. The first kappa shape index (κ1) is 17.8. The largest absolute Gasteiger partial charge is 0.494 e. The highest BCUT2D eigenvalue weighted by Crippen LogP contribution is 2.29. The molecule has 7 nitrogen and oxygen atoms in total. The lowest BCUT2D eigenvalue weighted by atomic mass is 10.2. The van der Waals surface area contributed by atoms with Crippen LogP contribution < -0.4 is 14.8 Å². The number of para-hydroxylation sites is 1. The van der Waals surface area contributed by atoms with Crippen molar-refractivity contribution in [1.82, 2.24) is 4.98 Å². The molecule has 8 heteroatoms. The fourth-order valence-corrected chi connectivity index (χ4v) is 3.14. The molecule has 0 aliphatic carbocycles. The third kappa shape index (κ3) is 3.80. The van der Waals surface area contributed by atoms with Crippen molar-refractivity contribution in [3.05, 3.63) is 54.2 Å². The zero-order chi connectivity index (χ0) is 18.7. The van der Waals surface area contributed by atoms with Gasteiger partial charge in [-0.25, -0.2) is 8.42 Å². The number of rotatable bonds is 6. The first-order valence-electron chi connectivity index (χ1n) is 7.99. The Labute approximate surface area is 151 Å². The van der Waals surface area contributed by atoms with Crippen LogP contribution in [0.25, 0.3) is 10.9 Å². The molecule has 1 aromatic heterocycles. The third-order valence-electron chi connectivity index (χ3n) is 3.88. The van der Waals surface area contributed by atoms with Gasteiger partial charge in [0.05, 0.1) is 18.6 Å². The van der Waals surface area contributed by atoms with Crippen molar-refractivity contribution < 1.29 is 17.9 Å². The van der Waals surface area contributed by atoms with Gasteiger partial charge in [0, 0.05) is 22.7 Å². The van der Waals surface area contributed by atoms with Gasteiger partial charge in [0.1, 0.15) is 11.4 Å². The third-order valence-corrected chi connectivity index (χ3v) is 5.17. The summed E-state index contributed by atoms with van der Waals surface area (Å²) < 4.78 is 31.1. The van der Waals surface area contributed by atoms with Gasteiger partial charge in [-0.05, 0) is 31.2 Å². The lowest BCUT2D eigenvalue weighted by molar-refractivity contribution is 0.102. The molecule has 1 heterocycles. The highest BCUT2D eigenvalue weighted by atomic mass is 32.2. The van der Waals surface area contributed by atoms with E-state index in [9.17, 15) is 13.2 Å². The number of amides is 1. The van der Waals surface area contributed by atoms with E-state index >= 15 is 0 Å². The van der Waals surface area contributed by atoms with Crippen LogP contribution >= 0.6 is 0 Å². The maximum absolute atomic E-state index is 12.4. The summed E-state index contributed by atoms with van der Waals surface area (Å²) >= 11 is 0. The maximum Gasteiger partial charge on any atom is 0.272 e. The molecule has 0 aliphatic heterocycles. The maximum atomic E-state index is 12.4. The monoisotopic (exact) mass is 373 g/mol. The average molecular weight is 373 g/mol. The van der Waals surface area contributed by atoms with Crippen LogP contribution in [-0.2, 0) is 10.0 Å². The molecule has 3 aromatic rings. The van der Waals surface area contributed by atoms with Gasteiger partial charge in [-0.15, -0.1) is 0 Å². The van der Waals surface area contributed by atoms with Gasteiger partial charge in [0.2, 0.25) is 10.0 Å². The number of aromatic amines is 1. The molecule has 0 unspecified atom stereocenters. The number of hydrogen-bond donors (Lipinski definition) is 3. The number of sulfonamides is 1. The molecule has 0 atom stereocenters. The summed E-state index contributed by atoms with van der Waals surface area (Å²) in [4.78, 5) is 15.5. The minimum absolute atomic E-state index is 0.0466. The summed E-state index contributed by atoms with van der Waals surface area (Å²) in [5, 5.41) is 3.71. The van der Waals surface area contributed by atoms with E-state index in [1.165, 1.54) is 7.11 Å². The second-order valence-corrected chi connectivity index (χ2v) is 7.66. The van der Waals surface area contributed by atoms with Crippen LogP contribution in [0.4, 0.5) is 11.4 Å². The van der Waals surface area contributed by atoms with Crippen LogP contribution in [0.2, 0.25) is 0 Å². The van der Waals surface area contributed by atoms with Crippen molar-refractivity contribution in [3.8, 4) is 5.75 Å². The Morgan fingerprint density at radius 2 is 1.92 bits per heavy atom. The summed E-state index contributed by atoms with van der Waals surface area (Å²) in [6.45, 7) is 1.55. The number of anilines is 2. The number of ether oxygens (including phenoxy) is 1. The van der Waals surface area contributed by atoms with E-state index in [0.717, 1.165) is 10.9 Å². The zero-order valence-electron chi connectivity index (χ0n) is 14.4. The summed E-state index contributed by atoms with van der Waals surface area (Å²) in [6.07, 6.45) is 0. The lowest BCUT2D eigenvalue weighted by Crippen LogP contribution is -2.16. The Morgan fingerprint density at radius 3 is 2.62 bits per heavy atom. The van der Waals surface area contributed by atoms with Crippen molar-refractivity contribution in [2.24, 2.45) is 0 Å². The Hall–Kier alpha value is -3.00. The first-order chi connectivity index (χ1) is 12.4. The molecule has 0 aliphatic rings. The molecule has 0 radical (unpaired) electrons. The highest BCUT2D eigenvalue weighted by molar-refractivity contribution is 7.92. The number of aromatic nitrogens is 1. The van der Waals surface area contributed by atoms with Crippen molar-refractivity contribution in [2.75, 3.05) is 22.9 Å². The van der Waals surface area contributed by atoms with Crippen molar-refractivity contribution >= 4 is 38.2 Å². The number of carbonyl (C=O) groups excluding carboxylic acids is 1. The van der Waals surface area contributed by atoms with Crippen molar-refractivity contribution in [3.63, 3.8) is 0 Å². The smallest absolute Gasteiger partial charge is 0.272 e. The van der Waals surface area contributed by atoms with Gasteiger partial charge in [-0.3, -0.25) is 9.52 Å². The summed E-state index contributed by atoms with van der Waals surface area (Å²) in [5.41, 5.74) is 2.11. The van der Waals surface area contributed by atoms with E-state index < -0.39 is 10.0 Å². The molecule has 0 saturated carbocycles. The fourth-order valence-electron chi connectivity index (χ4n) is 2.49.